The molecule has 1 N–H and O–H groups in total. The van der Waals surface area contributed by atoms with E-state index in [0.717, 1.165) is 53.3 Å². The predicted octanol–water partition coefficient (Wildman–Crippen LogP) is 9.11. The van der Waals surface area contributed by atoms with Crippen molar-refractivity contribution in [3.8, 4) is 0 Å². The summed E-state index contributed by atoms with van der Waals surface area (Å²) in [6.45, 7) is 9.94. The van der Waals surface area contributed by atoms with Crippen molar-refractivity contribution in [3.63, 3.8) is 0 Å². The lowest BCUT2D eigenvalue weighted by atomic mass is 9.76. The van der Waals surface area contributed by atoms with Gasteiger partial charge in [-0.3, -0.25) is 9.59 Å². The molecule has 6 rings (SSSR count). The Kier molecular flexibility index (Phi) is 11.2. The zero-order valence-electron chi connectivity index (χ0n) is 30.5. The fraction of sp³-hybridized carbons (Fsp3) is 0.488. The molecule has 1 fully saturated rings. The first kappa shape index (κ1) is 35.6. The summed E-state index contributed by atoms with van der Waals surface area (Å²) in [4.78, 5) is 36.1. The summed E-state index contributed by atoms with van der Waals surface area (Å²) in [5.74, 6) is 0.790. The molecular weight excluding hydrogens is 622 g/mol. The summed E-state index contributed by atoms with van der Waals surface area (Å²) in [5, 5.41) is 5.72. The Bertz CT molecular complexity index is 1810. The summed E-state index contributed by atoms with van der Waals surface area (Å²) in [7, 11) is 0. The third-order valence-electron chi connectivity index (χ3n) is 10.4. The van der Waals surface area contributed by atoms with Crippen LogP contribution in [0.4, 0.5) is 5.82 Å². The molecule has 2 aliphatic rings. The monoisotopic (exact) mass is 675 g/mol. The van der Waals surface area contributed by atoms with E-state index in [4.69, 9.17) is 19.4 Å². The van der Waals surface area contributed by atoms with Gasteiger partial charge in [0.2, 0.25) is 0 Å². The standard InChI is InChI=1S/C43H53N3O4/c1-28-40(34-20-17-31(18-21-34)36-22-19-30-11-6-7-13-35(30)25-36)45-29(2)46-41(28)44-27-37(42(48)50-43(3,4)5)26-39(47)49-24-23-33-15-10-14-32-12-8-9-16-38(32)33/h8-10,12,14-16,19,22,25,31,34,37H,6-7,11,13,17-18,20-21,23-24,26-27H2,1-5H3,(H,44,45,46)/t31?,34?,37-/m0/s1. The number of carbonyl (C=O) groups excluding carboxylic acids is 2. The number of hydrogen-bond donors (Lipinski definition) is 1. The van der Waals surface area contributed by atoms with Crippen LogP contribution in [0.1, 0.15) is 117 Å². The van der Waals surface area contributed by atoms with Gasteiger partial charge < -0.3 is 14.8 Å². The van der Waals surface area contributed by atoms with Gasteiger partial charge in [0.15, 0.2) is 0 Å². The molecule has 0 saturated heterocycles. The number of esters is 2. The Hall–Kier alpha value is -4.26. The SMILES string of the molecule is Cc1nc(NC[C@H](CC(=O)OCCc2cccc3ccccc23)C(=O)OC(C)(C)C)c(C)c(C2CCC(c3ccc4c(c3)CCCC4)CC2)n1. The molecule has 7 heteroatoms. The van der Waals surface area contributed by atoms with Crippen molar-refractivity contribution in [1.82, 2.24) is 9.97 Å². The van der Waals surface area contributed by atoms with Gasteiger partial charge in [-0.2, -0.15) is 0 Å². The highest BCUT2D eigenvalue weighted by Gasteiger charge is 2.30. The van der Waals surface area contributed by atoms with Crippen LogP contribution in [-0.2, 0) is 38.3 Å². The van der Waals surface area contributed by atoms with Gasteiger partial charge in [0.25, 0.3) is 0 Å². The number of nitrogens with one attached hydrogen (secondary N) is 1. The average Bonchev–Trinajstić information content (AvgIpc) is 3.10. The van der Waals surface area contributed by atoms with E-state index in [-0.39, 0.29) is 19.6 Å². The molecule has 0 bridgehead atoms. The number of anilines is 1. The first-order chi connectivity index (χ1) is 24.0. The van der Waals surface area contributed by atoms with Gasteiger partial charge >= 0.3 is 11.9 Å². The van der Waals surface area contributed by atoms with Crippen molar-refractivity contribution in [3.05, 3.63) is 100.0 Å². The molecule has 0 spiro atoms. The van der Waals surface area contributed by atoms with Crippen LogP contribution in [0.3, 0.4) is 0 Å². The summed E-state index contributed by atoms with van der Waals surface area (Å²) in [6.07, 6.45) is 10.0. The molecule has 2 aliphatic carbocycles. The molecule has 50 heavy (non-hydrogen) atoms. The zero-order chi connectivity index (χ0) is 35.3. The second-order valence-corrected chi connectivity index (χ2v) is 15.3. The number of aryl methyl sites for hydroxylation is 3. The second-order valence-electron chi connectivity index (χ2n) is 15.3. The Morgan fingerprint density at radius 1 is 0.880 bits per heavy atom. The van der Waals surface area contributed by atoms with E-state index in [1.807, 2.05) is 45.9 Å². The van der Waals surface area contributed by atoms with E-state index in [1.165, 1.54) is 31.2 Å². The maximum atomic E-state index is 13.3. The predicted molar refractivity (Wildman–Crippen MR) is 200 cm³/mol. The van der Waals surface area contributed by atoms with Crippen LogP contribution in [-0.4, -0.2) is 40.7 Å². The third kappa shape index (κ3) is 8.90. The van der Waals surface area contributed by atoms with Crippen LogP contribution in [0.15, 0.2) is 60.7 Å². The molecule has 0 amide bonds. The summed E-state index contributed by atoms with van der Waals surface area (Å²) < 4.78 is 11.4. The van der Waals surface area contributed by atoms with E-state index in [0.29, 0.717) is 29.9 Å². The lowest BCUT2D eigenvalue weighted by Crippen LogP contribution is -2.34. The molecule has 0 radical (unpaired) electrons. The number of ether oxygens (including phenoxy) is 2. The van der Waals surface area contributed by atoms with E-state index >= 15 is 0 Å². The number of fused-ring (bicyclic) bond motifs is 2. The van der Waals surface area contributed by atoms with Crippen LogP contribution in [0.2, 0.25) is 0 Å². The van der Waals surface area contributed by atoms with Gasteiger partial charge in [-0.25, -0.2) is 9.97 Å². The van der Waals surface area contributed by atoms with Crippen LogP contribution >= 0.6 is 0 Å². The molecule has 1 aromatic heterocycles. The molecule has 3 aromatic carbocycles. The fourth-order valence-corrected chi connectivity index (χ4v) is 7.82. The highest BCUT2D eigenvalue weighted by atomic mass is 16.6. The van der Waals surface area contributed by atoms with Crippen LogP contribution < -0.4 is 5.32 Å². The van der Waals surface area contributed by atoms with Crippen molar-refractivity contribution in [2.45, 2.75) is 116 Å². The molecule has 1 saturated carbocycles. The number of carbonyl (C=O) groups is 2. The quantitative estimate of drug-likeness (QED) is 0.159. The van der Waals surface area contributed by atoms with E-state index in [9.17, 15) is 9.59 Å². The first-order valence-corrected chi connectivity index (χ1v) is 18.6. The molecule has 1 atom stereocenters. The summed E-state index contributed by atoms with van der Waals surface area (Å²) in [6, 6.07) is 21.6. The van der Waals surface area contributed by atoms with Crippen LogP contribution in [0.5, 0.6) is 0 Å². The highest BCUT2D eigenvalue weighted by Crippen LogP contribution is 2.42. The van der Waals surface area contributed by atoms with Gasteiger partial charge in [-0.05, 0) is 125 Å². The number of hydrogen-bond acceptors (Lipinski definition) is 7. The lowest BCUT2D eigenvalue weighted by Gasteiger charge is -2.30. The Balaban J connectivity index is 1.08. The van der Waals surface area contributed by atoms with Crippen molar-refractivity contribution >= 4 is 28.5 Å². The van der Waals surface area contributed by atoms with Gasteiger partial charge in [-0.1, -0.05) is 60.7 Å². The average molecular weight is 676 g/mol. The minimum absolute atomic E-state index is 0.0832. The lowest BCUT2D eigenvalue weighted by molar-refractivity contribution is -0.163. The number of rotatable bonds is 11. The molecule has 4 aromatic rings. The van der Waals surface area contributed by atoms with E-state index in [2.05, 4.69) is 54.7 Å². The topological polar surface area (TPSA) is 90.4 Å². The minimum Gasteiger partial charge on any atom is -0.465 e. The van der Waals surface area contributed by atoms with Crippen LogP contribution in [0, 0.1) is 19.8 Å². The number of nitrogens with zero attached hydrogens (tertiary/aromatic N) is 2. The maximum absolute atomic E-state index is 13.3. The van der Waals surface area contributed by atoms with Gasteiger partial charge in [0, 0.05) is 24.4 Å². The molecular formula is C43H53N3O4. The normalized spacial score (nSPS) is 18.3. The van der Waals surface area contributed by atoms with Gasteiger partial charge in [0.05, 0.1) is 24.6 Å². The smallest absolute Gasteiger partial charge is 0.311 e. The number of aromatic nitrogens is 2. The molecule has 264 valence electrons. The minimum atomic E-state index is -0.732. The molecule has 0 aliphatic heterocycles. The van der Waals surface area contributed by atoms with Crippen molar-refractivity contribution in [1.29, 1.82) is 0 Å². The van der Waals surface area contributed by atoms with Gasteiger partial charge in [-0.15, -0.1) is 0 Å². The Morgan fingerprint density at radius 2 is 1.60 bits per heavy atom. The summed E-state index contributed by atoms with van der Waals surface area (Å²) in [5.41, 5.74) is 7.15. The second kappa shape index (κ2) is 15.7. The highest BCUT2D eigenvalue weighted by molar-refractivity contribution is 5.85. The van der Waals surface area contributed by atoms with Crippen LogP contribution in [0.25, 0.3) is 10.8 Å². The molecule has 7 nitrogen and oxygen atoms in total. The number of benzene rings is 3. The third-order valence-corrected chi connectivity index (χ3v) is 10.4. The fourth-order valence-electron chi connectivity index (χ4n) is 7.82. The first-order valence-electron chi connectivity index (χ1n) is 18.6. The maximum Gasteiger partial charge on any atom is 0.311 e. The largest absolute Gasteiger partial charge is 0.465 e. The van der Waals surface area contributed by atoms with E-state index in [1.54, 1.807) is 11.1 Å². The molecule has 1 heterocycles. The van der Waals surface area contributed by atoms with Gasteiger partial charge in [0.1, 0.15) is 17.2 Å². The zero-order valence-corrected chi connectivity index (χ0v) is 30.5. The molecule has 0 unspecified atom stereocenters. The van der Waals surface area contributed by atoms with E-state index < -0.39 is 23.5 Å². The van der Waals surface area contributed by atoms with Crippen molar-refractivity contribution in [2.24, 2.45) is 5.92 Å². The summed E-state index contributed by atoms with van der Waals surface area (Å²) >= 11 is 0. The Morgan fingerprint density at radius 3 is 2.38 bits per heavy atom. The van der Waals surface area contributed by atoms with Crippen molar-refractivity contribution < 1.29 is 19.1 Å². The van der Waals surface area contributed by atoms with Crippen molar-refractivity contribution in [2.75, 3.05) is 18.5 Å². The Labute approximate surface area is 297 Å².